The zero-order chi connectivity index (χ0) is 18.2. The molecule has 0 radical (unpaired) electrons. The molecule has 0 bridgehead atoms. The van der Waals surface area contributed by atoms with Crippen molar-refractivity contribution in [2.45, 2.75) is 26.8 Å². The van der Waals surface area contributed by atoms with E-state index in [0.29, 0.717) is 18.3 Å². The highest BCUT2D eigenvalue weighted by Crippen LogP contribution is 2.21. The predicted molar refractivity (Wildman–Crippen MR) is 105 cm³/mol. The number of thiocarbonyl (C=S) groups is 1. The lowest BCUT2D eigenvalue weighted by Crippen LogP contribution is -2.30. The van der Waals surface area contributed by atoms with Gasteiger partial charge in [-0.3, -0.25) is 4.68 Å². The number of ether oxygens (including phenoxy) is 2. The van der Waals surface area contributed by atoms with E-state index >= 15 is 0 Å². The average Bonchev–Trinajstić information content (AvgIpc) is 2.86. The number of hydrogen-bond donors (Lipinski definition) is 2. The highest BCUT2D eigenvalue weighted by Gasteiger charge is 2.13. The van der Waals surface area contributed by atoms with Gasteiger partial charge in [0.15, 0.2) is 5.11 Å². The van der Waals surface area contributed by atoms with Crippen molar-refractivity contribution in [3.05, 3.63) is 41.2 Å². The van der Waals surface area contributed by atoms with Crippen LogP contribution < -0.4 is 15.4 Å². The van der Waals surface area contributed by atoms with Crippen LogP contribution in [-0.4, -0.2) is 42.3 Å². The minimum absolute atomic E-state index is 0.600. The van der Waals surface area contributed by atoms with Crippen LogP contribution in [0.3, 0.4) is 0 Å². The lowest BCUT2D eigenvalue weighted by molar-refractivity contribution is 0.196. The number of aryl methyl sites for hydroxylation is 1. The Hall–Kier alpha value is -2.12. The predicted octanol–water partition coefficient (Wildman–Crippen LogP) is 2.88. The molecule has 0 aliphatic carbocycles. The van der Waals surface area contributed by atoms with Gasteiger partial charge in [0.05, 0.1) is 30.7 Å². The molecule has 2 rings (SSSR count). The molecule has 0 aliphatic rings. The number of rotatable bonds is 8. The Labute approximate surface area is 154 Å². The van der Waals surface area contributed by atoms with E-state index < -0.39 is 0 Å². The molecule has 136 valence electrons. The van der Waals surface area contributed by atoms with Gasteiger partial charge in [0.1, 0.15) is 5.75 Å². The smallest absolute Gasteiger partial charge is 0.170 e. The van der Waals surface area contributed by atoms with Gasteiger partial charge in [-0.2, -0.15) is 5.10 Å². The fraction of sp³-hybridized carbons (Fsp3) is 0.444. The third-order valence-electron chi connectivity index (χ3n) is 3.90. The third-order valence-corrected chi connectivity index (χ3v) is 4.14. The molecule has 0 amide bonds. The molecule has 0 fully saturated rings. The van der Waals surface area contributed by atoms with Crippen LogP contribution in [0.5, 0.6) is 5.75 Å². The van der Waals surface area contributed by atoms with Crippen LogP contribution in [0.15, 0.2) is 24.3 Å². The molecular formula is C18H26N4O2S. The Kier molecular flexibility index (Phi) is 7.21. The molecule has 0 atom stereocenters. The molecule has 0 saturated carbocycles. The largest absolute Gasteiger partial charge is 0.497 e. The second-order valence-electron chi connectivity index (χ2n) is 5.78. The zero-order valence-electron chi connectivity index (χ0n) is 15.3. The van der Waals surface area contributed by atoms with E-state index in [1.54, 1.807) is 14.2 Å². The summed E-state index contributed by atoms with van der Waals surface area (Å²) in [6.07, 6.45) is 0.908. The van der Waals surface area contributed by atoms with E-state index in [9.17, 15) is 0 Å². The van der Waals surface area contributed by atoms with Crippen LogP contribution in [0.2, 0.25) is 0 Å². The molecule has 2 N–H and O–H groups in total. The highest BCUT2D eigenvalue weighted by molar-refractivity contribution is 7.80. The summed E-state index contributed by atoms with van der Waals surface area (Å²) in [4.78, 5) is 0. The van der Waals surface area contributed by atoms with Gasteiger partial charge in [0, 0.05) is 20.3 Å². The summed E-state index contributed by atoms with van der Waals surface area (Å²) < 4.78 is 12.3. The number of aromatic nitrogens is 2. The fourth-order valence-corrected chi connectivity index (χ4v) is 2.76. The number of anilines is 1. The summed E-state index contributed by atoms with van der Waals surface area (Å²) in [5.74, 6) is 0.846. The van der Waals surface area contributed by atoms with Crippen LogP contribution in [0, 0.1) is 13.8 Å². The maximum absolute atomic E-state index is 5.36. The van der Waals surface area contributed by atoms with Crippen LogP contribution in [0.25, 0.3) is 0 Å². The van der Waals surface area contributed by atoms with E-state index in [2.05, 4.69) is 21.8 Å². The summed E-state index contributed by atoms with van der Waals surface area (Å²) in [5.41, 5.74) is 4.05. The quantitative estimate of drug-likeness (QED) is 0.556. The van der Waals surface area contributed by atoms with Gasteiger partial charge in [-0.15, -0.1) is 0 Å². The Morgan fingerprint density at radius 2 is 2.08 bits per heavy atom. The molecule has 6 nitrogen and oxygen atoms in total. The molecule has 0 unspecified atom stereocenters. The molecule has 1 heterocycles. The lowest BCUT2D eigenvalue weighted by Gasteiger charge is -2.11. The first-order valence-corrected chi connectivity index (χ1v) is 8.66. The second-order valence-corrected chi connectivity index (χ2v) is 6.19. The van der Waals surface area contributed by atoms with E-state index in [1.807, 2.05) is 36.7 Å². The summed E-state index contributed by atoms with van der Waals surface area (Å²) in [6, 6.07) is 8.00. The summed E-state index contributed by atoms with van der Waals surface area (Å²) in [5, 5.41) is 11.7. The number of methoxy groups -OCH3 is 2. The van der Waals surface area contributed by atoms with Gasteiger partial charge in [0.2, 0.25) is 0 Å². The standard InChI is InChI=1S/C18H26N4O2S/c1-13-17(20-18(25)19-9-6-10-23-3)14(2)22(21-13)12-15-7-5-8-16(11-15)24-4/h5,7-8,11H,6,9-10,12H2,1-4H3,(H2,19,20,25). The molecule has 25 heavy (non-hydrogen) atoms. The van der Waals surface area contributed by atoms with Crippen molar-refractivity contribution in [2.24, 2.45) is 0 Å². The van der Waals surface area contributed by atoms with Crippen LogP contribution in [-0.2, 0) is 11.3 Å². The third kappa shape index (κ3) is 5.44. The zero-order valence-corrected chi connectivity index (χ0v) is 16.1. The molecule has 7 heteroatoms. The van der Waals surface area contributed by atoms with Crippen LogP contribution in [0.1, 0.15) is 23.4 Å². The topological polar surface area (TPSA) is 60.3 Å². The van der Waals surface area contributed by atoms with Gasteiger partial charge < -0.3 is 20.1 Å². The van der Waals surface area contributed by atoms with E-state index in [1.165, 1.54) is 0 Å². The Bertz CT molecular complexity index is 715. The van der Waals surface area contributed by atoms with Gasteiger partial charge in [-0.1, -0.05) is 12.1 Å². The molecule has 1 aromatic heterocycles. The molecule has 0 spiro atoms. The minimum atomic E-state index is 0.600. The van der Waals surface area contributed by atoms with E-state index in [4.69, 9.17) is 21.7 Å². The number of nitrogens with one attached hydrogen (secondary N) is 2. The fourth-order valence-electron chi connectivity index (χ4n) is 2.55. The first-order chi connectivity index (χ1) is 12.0. The first kappa shape index (κ1) is 19.2. The molecular weight excluding hydrogens is 336 g/mol. The molecule has 0 saturated heterocycles. The first-order valence-electron chi connectivity index (χ1n) is 8.26. The Morgan fingerprint density at radius 1 is 1.28 bits per heavy atom. The number of benzene rings is 1. The Morgan fingerprint density at radius 3 is 2.80 bits per heavy atom. The highest BCUT2D eigenvalue weighted by atomic mass is 32.1. The summed E-state index contributed by atoms with van der Waals surface area (Å²) in [7, 11) is 3.37. The van der Waals surface area contributed by atoms with Crippen molar-refractivity contribution in [2.75, 3.05) is 32.7 Å². The minimum Gasteiger partial charge on any atom is -0.497 e. The maximum atomic E-state index is 5.36. The summed E-state index contributed by atoms with van der Waals surface area (Å²) in [6.45, 7) is 6.18. The molecule has 1 aromatic carbocycles. The summed E-state index contributed by atoms with van der Waals surface area (Å²) >= 11 is 5.36. The SMILES string of the molecule is COCCCNC(=S)Nc1c(C)nn(Cc2cccc(OC)c2)c1C. The number of nitrogens with zero attached hydrogens (tertiary/aromatic N) is 2. The van der Waals surface area contributed by atoms with Crippen LogP contribution >= 0.6 is 12.2 Å². The van der Waals surface area contributed by atoms with Gasteiger partial charge in [-0.25, -0.2) is 0 Å². The van der Waals surface area contributed by atoms with Crippen LogP contribution in [0.4, 0.5) is 5.69 Å². The number of hydrogen-bond acceptors (Lipinski definition) is 4. The van der Waals surface area contributed by atoms with Crippen molar-refractivity contribution >= 4 is 23.0 Å². The normalized spacial score (nSPS) is 10.6. The monoisotopic (exact) mass is 362 g/mol. The van der Waals surface area contributed by atoms with Crippen molar-refractivity contribution in [3.63, 3.8) is 0 Å². The van der Waals surface area contributed by atoms with Gasteiger partial charge in [-0.05, 0) is 50.2 Å². The van der Waals surface area contributed by atoms with E-state index in [0.717, 1.165) is 41.4 Å². The van der Waals surface area contributed by atoms with Crippen molar-refractivity contribution in [1.82, 2.24) is 15.1 Å². The average molecular weight is 362 g/mol. The molecule has 2 aromatic rings. The Balaban J connectivity index is 2.03. The van der Waals surface area contributed by atoms with E-state index in [-0.39, 0.29) is 0 Å². The van der Waals surface area contributed by atoms with Gasteiger partial charge in [0.25, 0.3) is 0 Å². The molecule has 0 aliphatic heterocycles. The second kappa shape index (κ2) is 9.39. The van der Waals surface area contributed by atoms with Gasteiger partial charge >= 0.3 is 0 Å². The maximum Gasteiger partial charge on any atom is 0.170 e. The van der Waals surface area contributed by atoms with Crippen molar-refractivity contribution in [1.29, 1.82) is 0 Å². The lowest BCUT2D eigenvalue weighted by atomic mass is 10.2. The van der Waals surface area contributed by atoms with Crippen molar-refractivity contribution in [3.8, 4) is 5.75 Å². The van der Waals surface area contributed by atoms with Crippen molar-refractivity contribution < 1.29 is 9.47 Å².